The Morgan fingerprint density at radius 2 is 1.95 bits per heavy atom. The Kier molecular flexibility index (Phi) is 2.23. The van der Waals surface area contributed by atoms with E-state index >= 15 is 0 Å². The van der Waals surface area contributed by atoms with E-state index in [1.807, 2.05) is 6.07 Å². The van der Waals surface area contributed by atoms with Gasteiger partial charge in [-0.1, -0.05) is 11.6 Å². The van der Waals surface area contributed by atoms with Gasteiger partial charge in [-0.2, -0.15) is 0 Å². The van der Waals surface area contributed by atoms with Gasteiger partial charge in [0.15, 0.2) is 23.1 Å². The fourth-order valence-corrected chi connectivity index (χ4v) is 3.12. The highest BCUT2D eigenvalue weighted by Gasteiger charge is 2.21. The lowest BCUT2D eigenvalue weighted by molar-refractivity contribution is 0.536. The molecule has 96 valence electrons. The van der Waals surface area contributed by atoms with Gasteiger partial charge < -0.3 is 8.83 Å². The number of fused-ring (bicyclic) bond motifs is 5. The lowest BCUT2D eigenvalue weighted by Crippen LogP contribution is -2.15. The van der Waals surface area contributed by atoms with Gasteiger partial charge in [-0.15, -0.1) is 0 Å². The van der Waals surface area contributed by atoms with Crippen LogP contribution in [0.1, 0.15) is 24.0 Å². The molecule has 0 aliphatic heterocycles. The largest absolute Gasteiger partial charge is 0.442 e. The van der Waals surface area contributed by atoms with Crippen LogP contribution in [0.15, 0.2) is 26.1 Å². The van der Waals surface area contributed by atoms with Crippen molar-refractivity contribution < 1.29 is 8.83 Å². The molecule has 2 aromatic heterocycles. The molecule has 1 aliphatic rings. The minimum absolute atomic E-state index is 0.256. The maximum Gasteiger partial charge on any atom is 0.339 e. The van der Waals surface area contributed by atoms with E-state index in [2.05, 4.69) is 4.98 Å². The molecule has 3 aromatic rings. The van der Waals surface area contributed by atoms with E-state index in [4.69, 9.17) is 20.4 Å². The molecule has 0 bridgehead atoms. The lowest BCUT2D eigenvalue weighted by Gasteiger charge is -2.16. The number of hydrogen-bond donors (Lipinski definition) is 0. The predicted octanol–water partition coefficient (Wildman–Crippen LogP) is 3.47. The number of aryl methyl sites for hydroxylation is 1. The molecular formula is C14H10ClNO3. The van der Waals surface area contributed by atoms with Crippen LogP contribution in [0.3, 0.4) is 0 Å². The van der Waals surface area contributed by atoms with Crippen LogP contribution in [-0.2, 0) is 12.8 Å². The number of nitrogens with zero attached hydrogens (tertiary/aromatic N) is 1. The molecular weight excluding hydrogens is 266 g/mol. The summed E-state index contributed by atoms with van der Waals surface area (Å²) in [5.41, 5.74) is 3.07. The van der Waals surface area contributed by atoms with Gasteiger partial charge in [-0.3, -0.25) is 0 Å². The summed E-state index contributed by atoms with van der Waals surface area (Å²) in [7, 11) is 0. The van der Waals surface area contributed by atoms with Crippen LogP contribution >= 0.6 is 11.6 Å². The standard InChI is InChI=1S/C14H10ClNO3/c15-10-5-9-7-3-1-2-4-8(7)14(17)19-12(9)11-13(10)18-6-16-11/h5-6H,1-4H2. The molecule has 0 saturated carbocycles. The summed E-state index contributed by atoms with van der Waals surface area (Å²) in [6, 6.07) is 1.82. The monoisotopic (exact) mass is 275 g/mol. The number of halogens is 1. The summed E-state index contributed by atoms with van der Waals surface area (Å²) in [4.78, 5) is 16.2. The van der Waals surface area contributed by atoms with Gasteiger partial charge in [0.25, 0.3) is 0 Å². The molecule has 19 heavy (non-hydrogen) atoms. The van der Waals surface area contributed by atoms with Crippen LogP contribution in [0.25, 0.3) is 22.1 Å². The summed E-state index contributed by atoms with van der Waals surface area (Å²) in [6.45, 7) is 0. The Balaban J connectivity index is 2.26. The first-order chi connectivity index (χ1) is 9.25. The van der Waals surface area contributed by atoms with Crippen LogP contribution in [0, 0.1) is 0 Å². The summed E-state index contributed by atoms with van der Waals surface area (Å²) in [5, 5.41) is 1.39. The van der Waals surface area contributed by atoms with E-state index in [9.17, 15) is 4.79 Å². The molecule has 0 radical (unpaired) electrons. The number of rotatable bonds is 0. The topological polar surface area (TPSA) is 56.2 Å². The van der Waals surface area contributed by atoms with Crippen molar-refractivity contribution in [1.29, 1.82) is 0 Å². The second kappa shape index (κ2) is 3.84. The predicted molar refractivity (Wildman–Crippen MR) is 71.7 cm³/mol. The number of benzene rings is 1. The van der Waals surface area contributed by atoms with Crippen molar-refractivity contribution in [2.75, 3.05) is 0 Å². The maximum atomic E-state index is 12.1. The molecule has 0 fully saturated rings. The summed E-state index contributed by atoms with van der Waals surface area (Å²) in [6.07, 6.45) is 5.10. The fraction of sp³-hybridized carbons (Fsp3) is 0.286. The number of hydrogen-bond acceptors (Lipinski definition) is 4. The van der Waals surface area contributed by atoms with E-state index in [0.29, 0.717) is 21.7 Å². The highest BCUT2D eigenvalue weighted by molar-refractivity contribution is 6.36. The maximum absolute atomic E-state index is 12.1. The van der Waals surface area contributed by atoms with Gasteiger partial charge in [0.2, 0.25) is 0 Å². The third-order valence-electron chi connectivity index (χ3n) is 3.75. The van der Waals surface area contributed by atoms with Crippen LogP contribution in [0.4, 0.5) is 0 Å². The zero-order chi connectivity index (χ0) is 13.0. The van der Waals surface area contributed by atoms with E-state index in [-0.39, 0.29) is 5.63 Å². The van der Waals surface area contributed by atoms with Gasteiger partial charge in [0.1, 0.15) is 0 Å². The van der Waals surface area contributed by atoms with Gasteiger partial charge >= 0.3 is 5.63 Å². The molecule has 5 heteroatoms. The minimum Gasteiger partial charge on any atom is -0.442 e. The summed E-state index contributed by atoms with van der Waals surface area (Å²) >= 11 is 6.21. The van der Waals surface area contributed by atoms with Crippen molar-refractivity contribution in [3.63, 3.8) is 0 Å². The molecule has 0 unspecified atom stereocenters. The lowest BCUT2D eigenvalue weighted by atomic mass is 9.90. The molecule has 0 atom stereocenters. The molecule has 4 rings (SSSR count). The van der Waals surface area contributed by atoms with Crippen molar-refractivity contribution >= 4 is 33.7 Å². The van der Waals surface area contributed by atoms with Crippen molar-refractivity contribution in [3.8, 4) is 0 Å². The quantitative estimate of drug-likeness (QED) is 0.590. The zero-order valence-corrected chi connectivity index (χ0v) is 10.8. The van der Waals surface area contributed by atoms with Crippen molar-refractivity contribution in [2.24, 2.45) is 0 Å². The molecule has 4 nitrogen and oxygen atoms in total. The second-order valence-corrected chi connectivity index (χ2v) is 5.23. The highest BCUT2D eigenvalue weighted by atomic mass is 35.5. The van der Waals surface area contributed by atoms with E-state index < -0.39 is 0 Å². The first-order valence-electron chi connectivity index (χ1n) is 6.26. The average Bonchev–Trinajstić information content (AvgIpc) is 2.91. The number of oxazole rings is 1. The minimum atomic E-state index is -0.256. The summed E-state index contributed by atoms with van der Waals surface area (Å²) in [5.74, 6) is 0. The Morgan fingerprint density at radius 1 is 1.16 bits per heavy atom. The normalized spacial score (nSPS) is 15.0. The van der Waals surface area contributed by atoms with Gasteiger partial charge in [0, 0.05) is 10.9 Å². The SMILES string of the molecule is O=c1oc2c(cc(Cl)c3ocnc32)c2c1CCCC2. The Hall–Kier alpha value is -1.81. The van der Waals surface area contributed by atoms with Crippen LogP contribution in [0.5, 0.6) is 0 Å². The van der Waals surface area contributed by atoms with Crippen LogP contribution in [-0.4, -0.2) is 4.98 Å². The number of aromatic nitrogens is 1. The third-order valence-corrected chi connectivity index (χ3v) is 4.03. The average molecular weight is 276 g/mol. The molecule has 1 aliphatic carbocycles. The molecule has 0 N–H and O–H groups in total. The first-order valence-corrected chi connectivity index (χ1v) is 6.64. The van der Waals surface area contributed by atoms with Gasteiger partial charge in [0.05, 0.1) is 5.02 Å². The molecule has 0 amide bonds. The Labute approximate surface area is 113 Å². The molecule has 0 spiro atoms. The summed E-state index contributed by atoms with van der Waals surface area (Å²) < 4.78 is 10.7. The van der Waals surface area contributed by atoms with Gasteiger partial charge in [-0.25, -0.2) is 9.78 Å². The van der Waals surface area contributed by atoms with Crippen LogP contribution in [0.2, 0.25) is 5.02 Å². The first kappa shape index (κ1) is 11.1. The fourth-order valence-electron chi connectivity index (χ4n) is 2.87. The highest BCUT2D eigenvalue weighted by Crippen LogP contribution is 2.34. The van der Waals surface area contributed by atoms with Gasteiger partial charge in [-0.05, 0) is 37.3 Å². The van der Waals surface area contributed by atoms with E-state index in [0.717, 1.165) is 42.2 Å². The third kappa shape index (κ3) is 1.46. The van der Waals surface area contributed by atoms with Crippen molar-refractivity contribution in [1.82, 2.24) is 4.98 Å². The Bertz CT molecular complexity index is 862. The molecule has 1 aromatic carbocycles. The smallest absolute Gasteiger partial charge is 0.339 e. The Morgan fingerprint density at radius 3 is 2.79 bits per heavy atom. The molecule has 2 heterocycles. The van der Waals surface area contributed by atoms with Crippen LogP contribution < -0.4 is 5.63 Å². The molecule has 0 saturated heterocycles. The van der Waals surface area contributed by atoms with E-state index in [1.165, 1.54) is 6.39 Å². The second-order valence-electron chi connectivity index (χ2n) is 4.82. The zero-order valence-electron chi connectivity index (χ0n) is 10.0. The van der Waals surface area contributed by atoms with Crippen molar-refractivity contribution in [2.45, 2.75) is 25.7 Å². The van der Waals surface area contributed by atoms with E-state index in [1.54, 1.807) is 0 Å². The van der Waals surface area contributed by atoms with Crippen molar-refractivity contribution in [3.05, 3.63) is 39.0 Å².